The average molecular weight is 319 g/mol. The Bertz CT molecular complexity index is 830. The summed E-state index contributed by atoms with van der Waals surface area (Å²) in [6.45, 7) is 6.26. The molecule has 21 heavy (non-hydrogen) atoms. The molecule has 0 aliphatic carbocycles. The van der Waals surface area contributed by atoms with Crippen LogP contribution in [0.2, 0.25) is 0 Å². The van der Waals surface area contributed by atoms with Crippen molar-refractivity contribution < 1.29 is 9.90 Å². The molecule has 1 aromatic carbocycles. The SMILES string of the molecule is CC(C)(C)c1nnsc1-c1nc2ccc(C(=O)O)cc2s1. The highest BCUT2D eigenvalue weighted by atomic mass is 32.1. The maximum atomic E-state index is 11.0. The van der Waals surface area contributed by atoms with Gasteiger partial charge in [-0.15, -0.1) is 16.4 Å². The molecule has 0 amide bonds. The Morgan fingerprint density at radius 2 is 2.05 bits per heavy atom. The van der Waals surface area contributed by atoms with E-state index >= 15 is 0 Å². The normalized spacial score (nSPS) is 12.0. The maximum absolute atomic E-state index is 11.0. The van der Waals surface area contributed by atoms with Crippen LogP contribution in [0.4, 0.5) is 0 Å². The van der Waals surface area contributed by atoms with Crippen LogP contribution in [0.25, 0.3) is 20.1 Å². The molecule has 0 bridgehead atoms. The van der Waals surface area contributed by atoms with Crippen LogP contribution in [0.5, 0.6) is 0 Å². The van der Waals surface area contributed by atoms with Gasteiger partial charge in [-0.2, -0.15) is 0 Å². The third-order valence-corrected chi connectivity index (χ3v) is 4.93. The molecule has 0 saturated heterocycles. The third-order valence-electron chi connectivity index (χ3n) is 3.03. The summed E-state index contributed by atoms with van der Waals surface area (Å²) in [7, 11) is 0. The monoisotopic (exact) mass is 319 g/mol. The van der Waals surface area contributed by atoms with E-state index in [1.165, 1.54) is 22.9 Å². The van der Waals surface area contributed by atoms with Gasteiger partial charge in [0, 0.05) is 5.41 Å². The first-order valence-electron chi connectivity index (χ1n) is 6.33. The van der Waals surface area contributed by atoms with Gasteiger partial charge in [0.2, 0.25) is 0 Å². The fourth-order valence-corrected chi connectivity index (χ4v) is 3.92. The maximum Gasteiger partial charge on any atom is 0.335 e. The van der Waals surface area contributed by atoms with E-state index in [0.717, 1.165) is 25.8 Å². The second-order valence-corrected chi connectivity index (χ2v) is 7.49. The standard InChI is InChI=1S/C14H13N3O2S2/c1-14(2,3)11-10(21-17-16-11)12-15-8-5-4-7(13(18)19)6-9(8)20-12/h4-6H,1-3H3,(H,18,19). The van der Waals surface area contributed by atoms with E-state index in [1.54, 1.807) is 18.2 Å². The first-order chi connectivity index (χ1) is 9.86. The molecule has 2 aromatic heterocycles. The summed E-state index contributed by atoms with van der Waals surface area (Å²) in [4.78, 5) is 16.6. The fourth-order valence-electron chi connectivity index (χ4n) is 1.98. The molecule has 3 aromatic rings. The van der Waals surface area contributed by atoms with Crippen molar-refractivity contribution in [1.29, 1.82) is 0 Å². The molecule has 0 unspecified atom stereocenters. The van der Waals surface area contributed by atoms with Crippen molar-refractivity contribution in [2.75, 3.05) is 0 Å². The van der Waals surface area contributed by atoms with Crippen LogP contribution in [0, 0.1) is 0 Å². The molecule has 3 rings (SSSR count). The van der Waals surface area contributed by atoms with Crippen LogP contribution in [0.1, 0.15) is 36.8 Å². The van der Waals surface area contributed by atoms with Crippen LogP contribution < -0.4 is 0 Å². The van der Waals surface area contributed by atoms with Crippen LogP contribution in [-0.4, -0.2) is 25.6 Å². The van der Waals surface area contributed by atoms with E-state index in [2.05, 4.69) is 35.3 Å². The van der Waals surface area contributed by atoms with Crippen molar-refractivity contribution >= 4 is 39.1 Å². The van der Waals surface area contributed by atoms with E-state index in [0.29, 0.717) is 0 Å². The summed E-state index contributed by atoms with van der Waals surface area (Å²) in [5.41, 5.74) is 1.89. The van der Waals surface area contributed by atoms with Gasteiger partial charge in [-0.3, -0.25) is 0 Å². The number of thiazole rings is 1. The summed E-state index contributed by atoms with van der Waals surface area (Å²) in [6.07, 6.45) is 0. The number of nitrogens with zero attached hydrogens (tertiary/aromatic N) is 3. The highest BCUT2D eigenvalue weighted by Gasteiger charge is 2.25. The van der Waals surface area contributed by atoms with Gasteiger partial charge in [0.25, 0.3) is 0 Å². The second kappa shape index (κ2) is 4.85. The number of hydrogen-bond acceptors (Lipinski definition) is 6. The minimum atomic E-state index is -0.929. The fraction of sp³-hybridized carbons (Fsp3) is 0.286. The van der Waals surface area contributed by atoms with Crippen LogP contribution >= 0.6 is 22.9 Å². The zero-order valence-electron chi connectivity index (χ0n) is 11.7. The largest absolute Gasteiger partial charge is 0.478 e. The van der Waals surface area contributed by atoms with Crippen LogP contribution in [0.3, 0.4) is 0 Å². The molecular weight excluding hydrogens is 306 g/mol. The van der Waals surface area contributed by atoms with E-state index < -0.39 is 5.97 Å². The van der Waals surface area contributed by atoms with Crippen molar-refractivity contribution in [1.82, 2.24) is 14.6 Å². The predicted molar refractivity (Wildman–Crippen MR) is 84.2 cm³/mol. The molecule has 0 atom stereocenters. The minimum absolute atomic E-state index is 0.105. The summed E-state index contributed by atoms with van der Waals surface area (Å²) in [6, 6.07) is 4.97. The van der Waals surface area contributed by atoms with E-state index in [-0.39, 0.29) is 11.0 Å². The first kappa shape index (κ1) is 14.1. The number of hydrogen-bond donors (Lipinski definition) is 1. The Morgan fingerprint density at radius 3 is 2.71 bits per heavy atom. The summed E-state index contributed by atoms with van der Waals surface area (Å²) < 4.78 is 4.90. The number of rotatable bonds is 2. The second-order valence-electron chi connectivity index (χ2n) is 5.71. The zero-order valence-corrected chi connectivity index (χ0v) is 13.4. The highest BCUT2D eigenvalue weighted by Crippen LogP contribution is 2.38. The molecule has 0 fully saturated rings. The predicted octanol–water partition coefficient (Wildman–Crippen LogP) is 3.81. The molecule has 0 saturated carbocycles. The van der Waals surface area contributed by atoms with Gasteiger partial charge in [-0.25, -0.2) is 9.78 Å². The molecule has 0 aliphatic heterocycles. The summed E-state index contributed by atoms with van der Waals surface area (Å²) >= 11 is 2.80. The lowest BCUT2D eigenvalue weighted by atomic mass is 9.91. The zero-order chi connectivity index (χ0) is 15.2. The van der Waals surface area contributed by atoms with Crippen LogP contribution in [-0.2, 0) is 5.41 Å². The Morgan fingerprint density at radius 1 is 1.29 bits per heavy atom. The molecule has 0 radical (unpaired) electrons. The van der Waals surface area contributed by atoms with E-state index in [4.69, 9.17) is 5.11 Å². The Kier molecular flexibility index (Phi) is 3.26. The molecule has 0 aliphatic rings. The van der Waals surface area contributed by atoms with Crippen molar-refractivity contribution in [2.45, 2.75) is 26.2 Å². The van der Waals surface area contributed by atoms with Crippen molar-refractivity contribution in [2.24, 2.45) is 0 Å². The lowest BCUT2D eigenvalue weighted by Gasteiger charge is -2.15. The number of aromatic carboxylic acids is 1. The Hall–Kier alpha value is -1.86. The number of carboxylic acid groups (broad SMARTS) is 1. The molecule has 0 spiro atoms. The van der Waals surface area contributed by atoms with Crippen LogP contribution in [0.15, 0.2) is 18.2 Å². The minimum Gasteiger partial charge on any atom is -0.478 e. The lowest BCUT2D eigenvalue weighted by molar-refractivity contribution is 0.0697. The van der Waals surface area contributed by atoms with Gasteiger partial charge in [-0.05, 0) is 29.7 Å². The topological polar surface area (TPSA) is 76.0 Å². The van der Waals surface area contributed by atoms with Crippen molar-refractivity contribution in [3.8, 4) is 9.88 Å². The number of carboxylic acids is 1. The molecular formula is C14H13N3O2S2. The number of fused-ring (bicyclic) bond motifs is 1. The molecule has 1 N–H and O–H groups in total. The summed E-state index contributed by atoms with van der Waals surface area (Å²) in [5.74, 6) is -0.929. The van der Waals surface area contributed by atoms with E-state index in [9.17, 15) is 4.79 Å². The number of aromatic nitrogens is 3. The highest BCUT2D eigenvalue weighted by molar-refractivity contribution is 7.24. The Labute approximate surface area is 129 Å². The van der Waals surface area contributed by atoms with Gasteiger partial charge in [0.05, 0.1) is 21.5 Å². The summed E-state index contributed by atoms with van der Waals surface area (Å²) in [5, 5.41) is 14.1. The first-order valence-corrected chi connectivity index (χ1v) is 7.92. The third kappa shape index (κ3) is 2.54. The van der Waals surface area contributed by atoms with Gasteiger partial charge in [-0.1, -0.05) is 25.3 Å². The van der Waals surface area contributed by atoms with Crippen molar-refractivity contribution in [3.63, 3.8) is 0 Å². The van der Waals surface area contributed by atoms with Gasteiger partial charge >= 0.3 is 5.97 Å². The molecule has 108 valence electrons. The lowest BCUT2D eigenvalue weighted by Crippen LogP contribution is -2.12. The van der Waals surface area contributed by atoms with Gasteiger partial charge in [0.1, 0.15) is 9.88 Å². The van der Waals surface area contributed by atoms with Gasteiger partial charge in [0.15, 0.2) is 0 Å². The van der Waals surface area contributed by atoms with E-state index in [1.807, 2.05) is 0 Å². The number of benzene rings is 1. The van der Waals surface area contributed by atoms with Crippen molar-refractivity contribution in [3.05, 3.63) is 29.5 Å². The Balaban J connectivity index is 2.14. The molecule has 7 heteroatoms. The molecule has 2 heterocycles. The average Bonchev–Trinajstić information content (AvgIpc) is 3.03. The number of carbonyl (C=O) groups is 1. The quantitative estimate of drug-likeness (QED) is 0.777. The molecule has 5 nitrogen and oxygen atoms in total. The van der Waals surface area contributed by atoms with Gasteiger partial charge < -0.3 is 5.11 Å². The smallest absolute Gasteiger partial charge is 0.335 e.